The summed E-state index contributed by atoms with van der Waals surface area (Å²) in [5, 5.41) is 6.76. The second kappa shape index (κ2) is 7.80. The molecule has 1 aromatic carbocycles. The van der Waals surface area contributed by atoms with Crippen molar-refractivity contribution in [2.45, 2.75) is 20.4 Å². The predicted molar refractivity (Wildman–Crippen MR) is 90.2 cm³/mol. The highest BCUT2D eigenvalue weighted by atomic mass is 35.5. The molecule has 2 aromatic rings. The number of nitrogens with one attached hydrogen (secondary N) is 2. The number of hydrogen-bond donors (Lipinski definition) is 2. The fraction of sp³-hybridized carbons (Fsp3) is 0.294. The maximum atomic E-state index is 12.2. The van der Waals surface area contributed by atoms with Crippen LogP contribution in [0.1, 0.15) is 29.9 Å². The highest BCUT2D eigenvalue weighted by molar-refractivity contribution is 6.31. The zero-order valence-corrected chi connectivity index (χ0v) is 13.5. The van der Waals surface area contributed by atoms with Gasteiger partial charge in [0, 0.05) is 30.0 Å². The number of amides is 1. The molecule has 0 aliphatic heterocycles. The third-order valence-electron chi connectivity index (χ3n) is 3.10. The molecule has 2 N–H and O–H groups in total. The maximum Gasteiger partial charge on any atom is 0.270 e. The summed E-state index contributed by atoms with van der Waals surface area (Å²) in [6, 6.07) is 11.0. The van der Waals surface area contributed by atoms with Crippen LogP contribution in [0.3, 0.4) is 0 Å². The van der Waals surface area contributed by atoms with Crippen LogP contribution in [-0.4, -0.2) is 17.4 Å². The van der Waals surface area contributed by atoms with E-state index in [4.69, 9.17) is 11.6 Å². The molecule has 0 aliphatic carbocycles. The Bertz CT molecular complexity index is 643. The van der Waals surface area contributed by atoms with Gasteiger partial charge in [0.2, 0.25) is 0 Å². The van der Waals surface area contributed by atoms with Crippen molar-refractivity contribution in [1.82, 2.24) is 10.3 Å². The Morgan fingerprint density at radius 1 is 1.27 bits per heavy atom. The van der Waals surface area contributed by atoms with Crippen LogP contribution in [0.4, 0.5) is 5.69 Å². The number of carbonyl (C=O) groups excluding carboxylic acids is 1. The van der Waals surface area contributed by atoms with Gasteiger partial charge in [0.1, 0.15) is 5.69 Å². The molecule has 0 fully saturated rings. The quantitative estimate of drug-likeness (QED) is 0.853. The fourth-order valence-corrected chi connectivity index (χ4v) is 2.10. The molecule has 0 radical (unpaired) electrons. The number of anilines is 1. The van der Waals surface area contributed by atoms with E-state index in [0.717, 1.165) is 17.8 Å². The number of aromatic nitrogens is 1. The zero-order valence-electron chi connectivity index (χ0n) is 12.8. The molecule has 2 rings (SSSR count). The molecule has 0 bridgehead atoms. The summed E-state index contributed by atoms with van der Waals surface area (Å²) in [4.78, 5) is 16.3. The van der Waals surface area contributed by atoms with Crippen LogP contribution >= 0.6 is 11.6 Å². The van der Waals surface area contributed by atoms with E-state index < -0.39 is 0 Å². The van der Waals surface area contributed by atoms with Crippen molar-refractivity contribution in [3.8, 4) is 0 Å². The summed E-state index contributed by atoms with van der Waals surface area (Å²) in [5.74, 6) is 0.318. The predicted octanol–water partition coefficient (Wildman–Crippen LogP) is 3.73. The molecule has 5 heteroatoms. The minimum Gasteiger partial charge on any atom is -0.385 e. The van der Waals surface area contributed by atoms with E-state index in [1.54, 1.807) is 18.3 Å². The number of carbonyl (C=O) groups is 1. The number of benzene rings is 1. The Morgan fingerprint density at radius 3 is 2.77 bits per heavy atom. The molecule has 0 spiro atoms. The van der Waals surface area contributed by atoms with Gasteiger partial charge in [0.25, 0.3) is 5.91 Å². The van der Waals surface area contributed by atoms with Gasteiger partial charge in [0.05, 0.1) is 0 Å². The first-order chi connectivity index (χ1) is 10.6. The molecule has 0 aliphatic rings. The van der Waals surface area contributed by atoms with Crippen LogP contribution in [0, 0.1) is 5.92 Å². The van der Waals surface area contributed by atoms with Crippen LogP contribution < -0.4 is 10.6 Å². The molecule has 1 aromatic heterocycles. The summed E-state index contributed by atoms with van der Waals surface area (Å²) >= 11 is 6.07. The lowest BCUT2D eigenvalue weighted by Crippen LogP contribution is -2.24. The lowest BCUT2D eigenvalue weighted by atomic mass is 10.2. The first-order valence-electron chi connectivity index (χ1n) is 7.28. The molecule has 0 saturated carbocycles. The summed E-state index contributed by atoms with van der Waals surface area (Å²) in [6.45, 7) is 5.49. The highest BCUT2D eigenvalue weighted by Crippen LogP contribution is 2.15. The van der Waals surface area contributed by atoms with E-state index in [1.165, 1.54) is 0 Å². The van der Waals surface area contributed by atoms with E-state index >= 15 is 0 Å². The first-order valence-corrected chi connectivity index (χ1v) is 7.65. The molecule has 0 unspecified atom stereocenters. The van der Waals surface area contributed by atoms with Gasteiger partial charge in [-0.25, -0.2) is 0 Å². The van der Waals surface area contributed by atoms with Gasteiger partial charge in [-0.1, -0.05) is 43.6 Å². The standard InChI is InChI=1S/C17H20ClN3O/c1-12(2)10-20-14-7-8-19-16(9-14)17(22)21-11-13-5-3-4-6-15(13)18/h3-9,12H,10-11H2,1-2H3,(H,19,20)(H,21,22). The second-order valence-electron chi connectivity index (χ2n) is 5.48. The minimum absolute atomic E-state index is 0.215. The lowest BCUT2D eigenvalue weighted by molar-refractivity contribution is 0.0946. The van der Waals surface area contributed by atoms with Gasteiger partial charge < -0.3 is 10.6 Å². The summed E-state index contributed by atoms with van der Waals surface area (Å²) in [5.41, 5.74) is 2.17. The van der Waals surface area contributed by atoms with Crippen LogP contribution in [-0.2, 0) is 6.54 Å². The molecule has 4 nitrogen and oxygen atoms in total. The van der Waals surface area contributed by atoms with E-state index in [9.17, 15) is 4.79 Å². The van der Waals surface area contributed by atoms with Crippen molar-refractivity contribution in [1.29, 1.82) is 0 Å². The average molecular weight is 318 g/mol. The minimum atomic E-state index is -0.215. The van der Waals surface area contributed by atoms with Gasteiger partial charge in [-0.3, -0.25) is 9.78 Å². The normalized spacial score (nSPS) is 10.5. The van der Waals surface area contributed by atoms with Crippen LogP contribution in [0.2, 0.25) is 5.02 Å². The third-order valence-corrected chi connectivity index (χ3v) is 3.47. The van der Waals surface area contributed by atoms with Crippen molar-refractivity contribution in [3.63, 3.8) is 0 Å². The van der Waals surface area contributed by atoms with E-state index in [-0.39, 0.29) is 5.91 Å². The van der Waals surface area contributed by atoms with Gasteiger partial charge in [0.15, 0.2) is 0 Å². The summed E-state index contributed by atoms with van der Waals surface area (Å²) in [7, 11) is 0. The summed E-state index contributed by atoms with van der Waals surface area (Å²) < 4.78 is 0. The third kappa shape index (κ3) is 4.74. The Hall–Kier alpha value is -2.07. The number of hydrogen-bond acceptors (Lipinski definition) is 3. The molecular formula is C17H20ClN3O. The zero-order chi connectivity index (χ0) is 15.9. The van der Waals surface area contributed by atoms with Crippen molar-refractivity contribution in [2.24, 2.45) is 5.92 Å². The average Bonchev–Trinajstić information content (AvgIpc) is 2.52. The number of rotatable bonds is 6. The van der Waals surface area contributed by atoms with Crippen molar-refractivity contribution in [2.75, 3.05) is 11.9 Å². The highest BCUT2D eigenvalue weighted by Gasteiger charge is 2.09. The second-order valence-corrected chi connectivity index (χ2v) is 5.89. The molecule has 1 heterocycles. The monoisotopic (exact) mass is 317 g/mol. The Kier molecular flexibility index (Phi) is 5.78. The van der Waals surface area contributed by atoms with E-state index in [0.29, 0.717) is 23.2 Å². The Balaban J connectivity index is 1.97. The Morgan fingerprint density at radius 2 is 2.05 bits per heavy atom. The molecule has 0 saturated heterocycles. The molecule has 22 heavy (non-hydrogen) atoms. The summed E-state index contributed by atoms with van der Waals surface area (Å²) in [6.07, 6.45) is 1.63. The number of pyridine rings is 1. The Labute approximate surface area is 135 Å². The van der Waals surface area contributed by atoms with Crippen molar-refractivity contribution < 1.29 is 4.79 Å². The largest absolute Gasteiger partial charge is 0.385 e. The van der Waals surface area contributed by atoms with E-state index in [2.05, 4.69) is 29.5 Å². The van der Waals surface area contributed by atoms with E-state index in [1.807, 2.05) is 24.3 Å². The smallest absolute Gasteiger partial charge is 0.270 e. The maximum absolute atomic E-state index is 12.2. The van der Waals surface area contributed by atoms with Crippen LogP contribution in [0.15, 0.2) is 42.6 Å². The fourth-order valence-electron chi connectivity index (χ4n) is 1.89. The van der Waals surface area contributed by atoms with Crippen LogP contribution in [0.25, 0.3) is 0 Å². The van der Waals surface area contributed by atoms with Gasteiger partial charge >= 0.3 is 0 Å². The SMILES string of the molecule is CC(C)CNc1ccnc(C(=O)NCc2ccccc2Cl)c1. The van der Waals surface area contributed by atoms with Gasteiger partial charge in [-0.15, -0.1) is 0 Å². The molecule has 116 valence electrons. The lowest BCUT2D eigenvalue weighted by Gasteiger charge is -2.10. The molecular weight excluding hydrogens is 298 g/mol. The number of nitrogens with zero attached hydrogens (tertiary/aromatic N) is 1. The molecule has 0 atom stereocenters. The van der Waals surface area contributed by atoms with Gasteiger partial charge in [-0.05, 0) is 29.7 Å². The first kappa shape index (κ1) is 16.3. The van der Waals surface area contributed by atoms with Gasteiger partial charge in [-0.2, -0.15) is 0 Å². The van der Waals surface area contributed by atoms with Crippen molar-refractivity contribution in [3.05, 3.63) is 58.9 Å². The van der Waals surface area contributed by atoms with Crippen molar-refractivity contribution >= 4 is 23.2 Å². The number of halogens is 1. The topological polar surface area (TPSA) is 54.0 Å². The molecule has 1 amide bonds. The van der Waals surface area contributed by atoms with Crippen LogP contribution in [0.5, 0.6) is 0 Å².